The molecule has 0 spiro atoms. The molecule has 0 aliphatic heterocycles. The fourth-order valence-electron chi connectivity index (χ4n) is 1.64. The summed E-state index contributed by atoms with van der Waals surface area (Å²) in [6.45, 7) is 7.53. The third-order valence-corrected chi connectivity index (χ3v) is 2.15. The van der Waals surface area contributed by atoms with E-state index in [0.717, 1.165) is 12.8 Å². The van der Waals surface area contributed by atoms with Crippen molar-refractivity contribution in [3.63, 3.8) is 0 Å². The molecule has 1 fully saturated rings. The number of nitrogens with two attached hydrogens (primary N) is 1. The van der Waals surface area contributed by atoms with E-state index < -0.39 is 5.60 Å². The molecule has 3 N–H and O–H groups in total. The van der Waals surface area contributed by atoms with Crippen molar-refractivity contribution in [2.24, 2.45) is 5.73 Å². The summed E-state index contributed by atoms with van der Waals surface area (Å²) in [6, 6.07) is 0.180. The predicted octanol–water partition coefficient (Wildman–Crippen LogP) is 1.81. The maximum absolute atomic E-state index is 11.3. The van der Waals surface area contributed by atoms with E-state index in [4.69, 9.17) is 10.5 Å². The molecule has 0 aromatic carbocycles. The van der Waals surface area contributed by atoms with Gasteiger partial charge in [0.25, 0.3) is 0 Å². The molecular weight excluding hydrogens is 216 g/mol. The normalized spacial score (nSPS) is 29.8. The zero-order valence-electron chi connectivity index (χ0n) is 9.79. The summed E-state index contributed by atoms with van der Waals surface area (Å²) < 4.78 is 5.12. The molecule has 5 heteroatoms. The zero-order chi connectivity index (χ0) is 11.0. The van der Waals surface area contributed by atoms with Crippen LogP contribution in [0, 0.1) is 0 Å². The molecule has 1 amide bonds. The van der Waals surface area contributed by atoms with Gasteiger partial charge in [-0.3, -0.25) is 0 Å². The highest BCUT2D eigenvalue weighted by atomic mass is 35.5. The Morgan fingerprint density at radius 3 is 2.27 bits per heavy atom. The van der Waals surface area contributed by atoms with Gasteiger partial charge in [0.1, 0.15) is 5.60 Å². The Balaban J connectivity index is 0.00000196. The first-order valence-corrected chi connectivity index (χ1v) is 4.96. The Hall–Kier alpha value is -0.480. The zero-order valence-corrected chi connectivity index (χ0v) is 10.6. The van der Waals surface area contributed by atoms with Crippen LogP contribution in [0.4, 0.5) is 4.79 Å². The van der Waals surface area contributed by atoms with Gasteiger partial charge in [-0.1, -0.05) is 0 Å². The van der Waals surface area contributed by atoms with Gasteiger partial charge in [-0.15, -0.1) is 12.4 Å². The topological polar surface area (TPSA) is 64.3 Å². The van der Waals surface area contributed by atoms with Crippen LogP contribution in [-0.2, 0) is 4.74 Å². The number of rotatable bonds is 1. The number of amides is 1. The molecule has 1 aliphatic carbocycles. The fraction of sp³-hybridized carbons (Fsp3) is 0.900. The van der Waals surface area contributed by atoms with Gasteiger partial charge in [0.05, 0.1) is 0 Å². The molecule has 0 aromatic heterocycles. The third-order valence-electron chi connectivity index (χ3n) is 2.15. The molecule has 90 valence electrons. The second-order valence-corrected chi connectivity index (χ2v) is 5.41. The van der Waals surface area contributed by atoms with E-state index in [0.29, 0.717) is 0 Å². The number of halogens is 1. The van der Waals surface area contributed by atoms with E-state index in [1.807, 2.05) is 27.7 Å². The first-order valence-electron chi connectivity index (χ1n) is 4.96. The van der Waals surface area contributed by atoms with E-state index in [2.05, 4.69) is 5.32 Å². The second-order valence-electron chi connectivity index (χ2n) is 5.41. The number of ether oxygens (including phenoxy) is 1. The number of hydrogen-bond acceptors (Lipinski definition) is 3. The molecule has 0 aromatic rings. The van der Waals surface area contributed by atoms with Crippen LogP contribution in [-0.4, -0.2) is 23.3 Å². The van der Waals surface area contributed by atoms with Crippen molar-refractivity contribution in [2.45, 2.75) is 57.7 Å². The van der Waals surface area contributed by atoms with Crippen molar-refractivity contribution in [2.75, 3.05) is 0 Å². The average molecular weight is 237 g/mol. The molecule has 15 heavy (non-hydrogen) atoms. The van der Waals surface area contributed by atoms with Crippen molar-refractivity contribution in [1.29, 1.82) is 0 Å². The molecule has 4 nitrogen and oxygen atoms in total. The van der Waals surface area contributed by atoms with Crippen LogP contribution in [0.3, 0.4) is 0 Å². The summed E-state index contributed by atoms with van der Waals surface area (Å²) in [4.78, 5) is 11.3. The van der Waals surface area contributed by atoms with Crippen LogP contribution < -0.4 is 11.1 Å². The molecule has 0 heterocycles. The smallest absolute Gasteiger partial charge is 0.407 e. The fourth-order valence-corrected chi connectivity index (χ4v) is 1.64. The van der Waals surface area contributed by atoms with Gasteiger partial charge < -0.3 is 15.8 Å². The average Bonchev–Trinajstić information content (AvgIpc) is 1.76. The quantitative estimate of drug-likeness (QED) is 0.730. The van der Waals surface area contributed by atoms with E-state index in [1.54, 1.807) is 0 Å². The first kappa shape index (κ1) is 14.5. The highest BCUT2D eigenvalue weighted by molar-refractivity contribution is 5.85. The van der Waals surface area contributed by atoms with Gasteiger partial charge in [-0.2, -0.15) is 0 Å². The molecule has 0 radical (unpaired) electrons. The number of carbonyl (C=O) groups excluding carboxylic acids is 1. The second kappa shape index (κ2) is 4.58. The summed E-state index contributed by atoms with van der Waals surface area (Å²) in [7, 11) is 0. The largest absolute Gasteiger partial charge is 0.444 e. The Morgan fingerprint density at radius 1 is 1.47 bits per heavy atom. The Bertz CT molecular complexity index is 228. The molecule has 0 unspecified atom stereocenters. The summed E-state index contributed by atoms with van der Waals surface area (Å²) >= 11 is 0. The van der Waals surface area contributed by atoms with Crippen molar-refractivity contribution in [3.8, 4) is 0 Å². The Morgan fingerprint density at radius 2 is 1.93 bits per heavy atom. The molecule has 0 saturated heterocycles. The van der Waals surface area contributed by atoms with Crippen molar-refractivity contribution >= 4 is 18.5 Å². The van der Waals surface area contributed by atoms with Crippen LogP contribution >= 0.6 is 12.4 Å². The lowest BCUT2D eigenvalue weighted by Gasteiger charge is -2.42. The maximum atomic E-state index is 11.3. The van der Waals surface area contributed by atoms with Gasteiger partial charge in [-0.05, 0) is 40.5 Å². The van der Waals surface area contributed by atoms with Crippen LogP contribution in [0.15, 0.2) is 0 Å². The maximum Gasteiger partial charge on any atom is 0.407 e. The predicted molar refractivity (Wildman–Crippen MR) is 62.2 cm³/mol. The lowest BCUT2D eigenvalue weighted by molar-refractivity contribution is 0.0444. The molecule has 1 saturated carbocycles. The SMILES string of the molecule is CC1(N)CC(NC(=O)OC(C)(C)C)C1.Cl. The lowest BCUT2D eigenvalue weighted by atomic mass is 9.75. The lowest BCUT2D eigenvalue weighted by Crippen LogP contribution is -2.58. The number of alkyl carbamates (subject to hydrolysis) is 1. The summed E-state index contributed by atoms with van der Waals surface area (Å²) in [5.74, 6) is 0. The van der Waals surface area contributed by atoms with E-state index in [9.17, 15) is 4.79 Å². The first-order chi connectivity index (χ1) is 6.18. The number of nitrogens with one attached hydrogen (secondary N) is 1. The van der Waals surface area contributed by atoms with Gasteiger partial charge in [-0.25, -0.2) is 4.79 Å². The number of carbonyl (C=O) groups is 1. The monoisotopic (exact) mass is 236 g/mol. The minimum Gasteiger partial charge on any atom is -0.444 e. The molecule has 0 atom stereocenters. The standard InChI is InChI=1S/C10H20N2O2.ClH/c1-9(2,3)14-8(13)12-7-5-10(4,11)6-7;/h7H,5-6,11H2,1-4H3,(H,12,13);1H. The van der Waals surface area contributed by atoms with E-state index in [1.165, 1.54) is 0 Å². The number of hydrogen-bond donors (Lipinski definition) is 2. The van der Waals surface area contributed by atoms with Crippen LogP contribution in [0.1, 0.15) is 40.5 Å². The van der Waals surface area contributed by atoms with Gasteiger partial charge >= 0.3 is 6.09 Å². The minimum absolute atomic E-state index is 0. The van der Waals surface area contributed by atoms with Gasteiger partial charge in [0.2, 0.25) is 0 Å². The summed E-state index contributed by atoms with van der Waals surface area (Å²) in [5.41, 5.74) is 5.28. The van der Waals surface area contributed by atoms with Gasteiger partial charge in [0, 0.05) is 11.6 Å². The van der Waals surface area contributed by atoms with Crippen molar-refractivity contribution in [3.05, 3.63) is 0 Å². The van der Waals surface area contributed by atoms with Crippen LogP contribution in [0.25, 0.3) is 0 Å². The summed E-state index contributed by atoms with van der Waals surface area (Å²) in [6.07, 6.45) is 1.30. The Labute approximate surface area is 97.3 Å². The van der Waals surface area contributed by atoms with E-state index >= 15 is 0 Å². The van der Waals surface area contributed by atoms with E-state index in [-0.39, 0.29) is 30.1 Å². The molecule has 0 bridgehead atoms. The third kappa shape index (κ3) is 5.23. The summed E-state index contributed by atoms with van der Waals surface area (Å²) in [5, 5.41) is 2.79. The van der Waals surface area contributed by atoms with Gasteiger partial charge in [0.15, 0.2) is 0 Å². The molecule has 1 rings (SSSR count). The molecular formula is C10H21ClN2O2. The molecule has 1 aliphatic rings. The Kier molecular flexibility index (Phi) is 4.43. The van der Waals surface area contributed by atoms with Crippen LogP contribution in [0.5, 0.6) is 0 Å². The highest BCUT2D eigenvalue weighted by Crippen LogP contribution is 2.29. The highest BCUT2D eigenvalue weighted by Gasteiger charge is 2.38. The van der Waals surface area contributed by atoms with Crippen molar-refractivity contribution < 1.29 is 9.53 Å². The van der Waals surface area contributed by atoms with Crippen LogP contribution in [0.2, 0.25) is 0 Å². The minimum atomic E-state index is -0.431. The van der Waals surface area contributed by atoms with Crippen molar-refractivity contribution in [1.82, 2.24) is 5.32 Å².